The molecule has 6 heteroatoms. The van der Waals surface area contributed by atoms with Crippen LogP contribution in [0.3, 0.4) is 0 Å². The summed E-state index contributed by atoms with van der Waals surface area (Å²) in [6, 6.07) is 13.7. The number of fused-ring (bicyclic) bond motifs is 1. The van der Waals surface area contributed by atoms with E-state index in [0.717, 1.165) is 49.8 Å². The van der Waals surface area contributed by atoms with Gasteiger partial charge in [0.2, 0.25) is 0 Å². The van der Waals surface area contributed by atoms with Crippen LogP contribution in [0.2, 0.25) is 0 Å². The summed E-state index contributed by atoms with van der Waals surface area (Å²) in [6.45, 7) is 4.88. The van der Waals surface area contributed by atoms with Gasteiger partial charge in [-0.15, -0.1) is 0 Å². The lowest BCUT2D eigenvalue weighted by molar-refractivity contribution is 0.0383. The van der Waals surface area contributed by atoms with Crippen molar-refractivity contribution in [3.05, 3.63) is 60.4 Å². The van der Waals surface area contributed by atoms with Crippen LogP contribution in [0.25, 0.3) is 16.9 Å². The molecule has 1 amide bonds. The summed E-state index contributed by atoms with van der Waals surface area (Å²) < 4.78 is 7.27. The van der Waals surface area contributed by atoms with Gasteiger partial charge in [0.1, 0.15) is 5.65 Å². The Morgan fingerprint density at radius 1 is 1.15 bits per heavy atom. The van der Waals surface area contributed by atoms with Crippen LogP contribution in [0.5, 0.6) is 0 Å². The Labute approximate surface area is 152 Å². The molecule has 0 unspecified atom stereocenters. The van der Waals surface area contributed by atoms with Crippen LogP contribution in [0, 0.1) is 0 Å². The smallest absolute Gasteiger partial charge is 0.251 e. The fourth-order valence-electron chi connectivity index (χ4n) is 3.13. The van der Waals surface area contributed by atoms with E-state index in [0.29, 0.717) is 12.1 Å². The number of rotatable bonds is 5. The Morgan fingerprint density at radius 3 is 2.77 bits per heavy atom. The van der Waals surface area contributed by atoms with Crippen LogP contribution in [-0.4, -0.2) is 59.6 Å². The van der Waals surface area contributed by atoms with Gasteiger partial charge in [-0.2, -0.15) is 0 Å². The number of hydrogen-bond acceptors (Lipinski definition) is 4. The number of pyridine rings is 1. The zero-order valence-corrected chi connectivity index (χ0v) is 14.6. The van der Waals surface area contributed by atoms with Gasteiger partial charge in [-0.1, -0.05) is 30.3 Å². The molecule has 1 aromatic carbocycles. The van der Waals surface area contributed by atoms with Crippen molar-refractivity contribution in [1.29, 1.82) is 0 Å². The molecular formula is C20H22N4O2. The van der Waals surface area contributed by atoms with Crippen LogP contribution in [0.4, 0.5) is 0 Å². The number of ether oxygens (including phenoxy) is 1. The highest BCUT2D eigenvalue weighted by Gasteiger charge is 2.12. The van der Waals surface area contributed by atoms with Gasteiger partial charge in [0.15, 0.2) is 0 Å². The van der Waals surface area contributed by atoms with Crippen molar-refractivity contribution in [1.82, 2.24) is 19.6 Å². The number of hydrogen-bond donors (Lipinski definition) is 1. The fourth-order valence-corrected chi connectivity index (χ4v) is 3.13. The van der Waals surface area contributed by atoms with E-state index in [-0.39, 0.29) is 5.91 Å². The second kappa shape index (κ2) is 7.68. The van der Waals surface area contributed by atoms with Crippen molar-refractivity contribution in [2.45, 2.75) is 0 Å². The minimum atomic E-state index is -0.0648. The van der Waals surface area contributed by atoms with Crippen molar-refractivity contribution in [2.75, 3.05) is 39.4 Å². The minimum Gasteiger partial charge on any atom is -0.379 e. The molecule has 0 spiro atoms. The number of carbonyl (C=O) groups excluding carboxylic acids is 1. The predicted molar refractivity (Wildman–Crippen MR) is 100 cm³/mol. The third kappa shape index (κ3) is 3.76. The Bertz CT molecular complexity index is 885. The lowest BCUT2D eigenvalue weighted by atomic mass is 10.2. The molecule has 4 rings (SSSR count). The fraction of sp³-hybridized carbons (Fsp3) is 0.300. The molecule has 0 atom stereocenters. The van der Waals surface area contributed by atoms with Crippen LogP contribution < -0.4 is 5.32 Å². The summed E-state index contributed by atoms with van der Waals surface area (Å²) in [4.78, 5) is 19.4. The molecular weight excluding hydrogens is 328 g/mol. The maximum Gasteiger partial charge on any atom is 0.251 e. The van der Waals surface area contributed by atoms with Gasteiger partial charge in [0, 0.05) is 49.7 Å². The molecule has 1 saturated heterocycles. The minimum absolute atomic E-state index is 0.0648. The quantitative estimate of drug-likeness (QED) is 0.765. The molecule has 3 heterocycles. The van der Waals surface area contributed by atoms with Crippen molar-refractivity contribution < 1.29 is 9.53 Å². The molecule has 0 bridgehead atoms. The van der Waals surface area contributed by atoms with E-state index in [1.807, 2.05) is 59.3 Å². The van der Waals surface area contributed by atoms with E-state index in [2.05, 4.69) is 15.2 Å². The SMILES string of the molecule is O=C(NCCN1CCOCC1)c1ccn2cc(-c3ccccc3)nc2c1. The number of morpholine rings is 1. The molecule has 3 aromatic rings. The molecule has 0 aliphatic carbocycles. The third-order valence-electron chi connectivity index (χ3n) is 4.61. The standard InChI is InChI=1S/C20H22N4O2/c25-20(21-7-9-23-10-12-26-13-11-23)17-6-8-24-15-18(22-19(24)14-17)16-4-2-1-3-5-16/h1-6,8,14-15H,7,9-13H2,(H,21,25). The normalized spacial score (nSPS) is 15.2. The average Bonchev–Trinajstić information content (AvgIpc) is 3.13. The van der Waals surface area contributed by atoms with Gasteiger partial charge in [0.05, 0.1) is 18.9 Å². The van der Waals surface area contributed by atoms with E-state index >= 15 is 0 Å². The molecule has 0 saturated carbocycles. The Hall–Kier alpha value is -2.70. The highest BCUT2D eigenvalue weighted by atomic mass is 16.5. The molecule has 1 aliphatic rings. The maximum absolute atomic E-state index is 12.4. The lowest BCUT2D eigenvalue weighted by Gasteiger charge is -2.26. The Balaban J connectivity index is 1.42. The van der Waals surface area contributed by atoms with Gasteiger partial charge in [-0.05, 0) is 12.1 Å². The van der Waals surface area contributed by atoms with Crippen LogP contribution in [-0.2, 0) is 4.74 Å². The first-order valence-corrected chi connectivity index (χ1v) is 8.92. The highest BCUT2D eigenvalue weighted by molar-refractivity contribution is 5.95. The molecule has 1 fully saturated rings. The molecule has 1 aliphatic heterocycles. The van der Waals surface area contributed by atoms with Gasteiger partial charge >= 0.3 is 0 Å². The molecule has 2 aromatic heterocycles. The third-order valence-corrected chi connectivity index (χ3v) is 4.61. The number of nitrogens with one attached hydrogen (secondary N) is 1. The first-order chi connectivity index (χ1) is 12.8. The summed E-state index contributed by atoms with van der Waals surface area (Å²) in [7, 11) is 0. The zero-order valence-electron chi connectivity index (χ0n) is 14.6. The number of aromatic nitrogens is 2. The van der Waals surface area contributed by atoms with Gasteiger partial charge in [0.25, 0.3) is 5.91 Å². The van der Waals surface area contributed by atoms with E-state index in [9.17, 15) is 4.79 Å². The Morgan fingerprint density at radius 2 is 1.96 bits per heavy atom. The maximum atomic E-state index is 12.4. The molecule has 1 N–H and O–H groups in total. The average molecular weight is 350 g/mol. The summed E-state index contributed by atoms with van der Waals surface area (Å²) in [6.07, 6.45) is 3.86. The molecule has 0 radical (unpaired) electrons. The first-order valence-electron chi connectivity index (χ1n) is 8.92. The van der Waals surface area contributed by atoms with Crippen molar-refractivity contribution in [3.63, 3.8) is 0 Å². The van der Waals surface area contributed by atoms with E-state index in [1.54, 1.807) is 0 Å². The second-order valence-corrected chi connectivity index (χ2v) is 6.38. The van der Waals surface area contributed by atoms with E-state index in [4.69, 9.17) is 4.74 Å². The largest absolute Gasteiger partial charge is 0.379 e. The van der Waals surface area contributed by atoms with Gasteiger partial charge in [-0.3, -0.25) is 9.69 Å². The zero-order chi connectivity index (χ0) is 17.8. The molecule has 134 valence electrons. The number of imidazole rings is 1. The van der Waals surface area contributed by atoms with Crippen LogP contribution >= 0.6 is 0 Å². The predicted octanol–water partition coefficient (Wildman–Crippen LogP) is 2.06. The van der Waals surface area contributed by atoms with E-state index < -0.39 is 0 Å². The summed E-state index contributed by atoms with van der Waals surface area (Å²) in [5.41, 5.74) is 3.36. The number of benzene rings is 1. The van der Waals surface area contributed by atoms with Crippen LogP contribution in [0.15, 0.2) is 54.9 Å². The second-order valence-electron chi connectivity index (χ2n) is 6.38. The van der Waals surface area contributed by atoms with E-state index in [1.165, 1.54) is 0 Å². The Kier molecular flexibility index (Phi) is 4.95. The van der Waals surface area contributed by atoms with Gasteiger partial charge in [-0.25, -0.2) is 4.98 Å². The lowest BCUT2D eigenvalue weighted by Crippen LogP contribution is -2.41. The summed E-state index contributed by atoms with van der Waals surface area (Å²) >= 11 is 0. The van der Waals surface area contributed by atoms with Crippen LogP contribution in [0.1, 0.15) is 10.4 Å². The van der Waals surface area contributed by atoms with Crippen molar-refractivity contribution in [2.24, 2.45) is 0 Å². The van der Waals surface area contributed by atoms with Crippen molar-refractivity contribution in [3.8, 4) is 11.3 Å². The molecule has 26 heavy (non-hydrogen) atoms. The van der Waals surface area contributed by atoms with Gasteiger partial charge < -0.3 is 14.5 Å². The number of amides is 1. The van der Waals surface area contributed by atoms with Crippen molar-refractivity contribution >= 4 is 11.6 Å². The highest BCUT2D eigenvalue weighted by Crippen LogP contribution is 2.19. The number of carbonyl (C=O) groups is 1. The number of nitrogens with zero attached hydrogens (tertiary/aromatic N) is 3. The topological polar surface area (TPSA) is 58.9 Å². The first kappa shape index (κ1) is 16.8. The summed E-state index contributed by atoms with van der Waals surface area (Å²) in [5.74, 6) is -0.0648. The monoisotopic (exact) mass is 350 g/mol. The molecule has 6 nitrogen and oxygen atoms in total. The summed E-state index contributed by atoms with van der Waals surface area (Å²) in [5, 5.41) is 2.99.